The van der Waals surface area contributed by atoms with Gasteiger partial charge in [0.1, 0.15) is 0 Å². The lowest BCUT2D eigenvalue weighted by atomic mass is 9.99. The summed E-state index contributed by atoms with van der Waals surface area (Å²) in [7, 11) is 0. The van der Waals surface area contributed by atoms with Crippen molar-refractivity contribution >= 4 is 22.7 Å². The first-order valence-electron chi connectivity index (χ1n) is 7.11. The minimum absolute atomic E-state index is 0.0759. The molecule has 0 saturated carbocycles. The van der Waals surface area contributed by atoms with Crippen LogP contribution in [0, 0.1) is 5.92 Å². The first-order valence-corrected chi connectivity index (χ1v) is 7.54. The van der Waals surface area contributed by atoms with E-state index in [1.807, 2.05) is 18.2 Å². The van der Waals surface area contributed by atoms with Crippen LogP contribution in [0.4, 0.5) is 0 Å². The number of benzene rings is 1. The second-order valence-corrected chi connectivity index (χ2v) is 6.25. The van der Waals surface area contributed by atoms with Gasteiger partial charge in [-0.2, -0.15) is 0 Å². The van der Waals surface area contributed by atoms with Crippen LogP contribution in [0.2, 0.25) is 0 Å². The average Bonchev–Trinajstić information content (AvgIpc) is 2.80. The highest BCUT2D eigenvalue weighted by atomic mass is 35.5. The molecule has 5 heteroatoms. The van der Waals surface area contributed by atoms with Gasteiger partial charge in [-0.05, 0) is 49.5 Å². The zero-order chi connectivity index (χ0) is 14.1. The Hall–Kier alpha value is -1.26. The Kier molecular flexibility index (Phi) is 3.85. The third kappa shape index (κ3) is 2.91. The van der Waals surface area contributed by atoms with Crippen molar-refractivity contribution in [1.82, 2.24) is 9.88 Å². The number of nitrogens with zero attached hydrogens (tertiary/aromatic N) is 1. The Morgan fingerprint density at radius 1 is 1.45 bits per heavy atom. The number of aromatic amines is 1. The van der Waals surface area contributed by atoms with Gasteiger partial charge in [0.05, 0.1) is 10.9 Å². The van der Waals surface area contributed by atoms with Gasteiger partial charge in [-0.15, -0.1) is 11.6 Å². The number of fused-ring (bicyclic) bond motifs is 1. The number of aromatic nitrogens is 1. The molecule has 1 aliphatic heterocycles. The van der Waals surface area contributed by atoms with E-state index in [9.17, 15) is 4.79 Å². The maximum absolute atomic E-state index is 11.2. The predicted molar refractivity (Wildman–Crippen MR) is 80.3 cm³/mol. The number of H-pyrrole nitrogens is 1. The van der Waals surface area contributed by atoms with Crippen molar-refractivity contribution in [1.29, 1.82) is 0 Å². The fourth-order valence-corrected chi connectivity index (χ4v) is 3.06. The van der Waals surface area contributed by atoms with Crippen molar-refractivity contribution in [3.8, 4) is 0 Å². The quantitative estimate of drug-likeness (QED) is 0.885. The number of piperidine rings is 1. The standard InChI is InChI=1S/C15H19ClN2O2/c1-10-4-6-18(7-5-10)9-12(16)11-2-3-13-14(8-11)20-15(19)17-13/h2-3,8,10,12H,4-7,9H2,1H3,(H,17,19). The highest BCUT2D eigenvalue weighted by Crippen LogP contribution is 2.26. The Morgan fingerprint density at radius 3 is 2.95 bits per heavy atom. The SMILES string of the molecule is CC1CCN(CC(Cl)c2ccc3[nH]c(=O)oc3c2)CC1. The third-order valence-electron chi connectivity index (χ3n) is 4.10. The van der Waals surface area contributed by atoms with Crippen LogP contribution in [0.3, 0.4) is 0 Å². The van der Waals surface area contributed by atoms with E-state index in [-0.39, 0.29) is 5.38 Å². The summed E-state index contributed by atoms with van der Waals surface area (Å²) in [6.45, 7) is 5.38. The summed E-state index contributed by atoms with van der Waals surface area (Å²) in [6, 6.07) is 5.67. The van der Waals surface area contributed by atoms with Gasteiger partial charge in [0.25, 0.3) is 0 Å². The maximum atomic E-state index is 11.2. The molecule has 20 heavy (non-hydrogen) atoms. The normalized spacial score (nSPS) is 19.5. The zero-order valence-corrected chi connectivity index (χ0v) is 12.3. The average molecular weight is 295 g/mol. The molecule has 1 N–H and O–H groups in total. The van der Waals surface area contributed by atoms with Crippen LogP contribution >= 0.6 is 11.6 Å². The fourth-order valence-electron chi connectivity index (χ4n) is 2.73. The van der Waals surface area contributed by atoms with Gasteiger partial charge < -0.3 is 9.32 Å². The molecule has 2 heterocycles. The summed E-state index contributed by atoms with van der Waals surface area (Å²) in [5, 5.41) is -0.0759. The summed E-state index contributed by atoms with van der Waals surface area (Å²) in [5.74, 6) is 0.402. The van der Waals surface area contributed by atoms with Crippen molar-refractivity contribution in [3.63, 3.8) is 0 Å². The molecule has 0 spiro atoms. The Labute approximate surface area is 122 Å². The van der Waals surface area contributed by atoms with Crippen LogP contribution < -0.4 is 5.76 Å². The number of nitrogens with one attached hydrogen (secondary N) is 1. The van der Waals surface area contributed by atoms with E-state index in [0.717, 1.165) is 36.6 Å². The van der Waals surface area contributed by atoms with Gasteiger partial charge in [0, 0.05) is 6.54 Å². The van der Waals surface area contributed by atoms with Crippen LogP contribution in [0.15, 0.2) is 27.4 Å². The molecular weight excluding hydrogens is 276 g/mol. The number of rotatable bonds is 3. The smallest absolute Gasteiger partial charge is 0.408 e. The molecule has 108 valence electrons. The predicted octanol–water partition coefficient (Wildman–Crippen LogP) is 3.13. The van der Waals surface area contributed by atoms with Crippen molar-refractivity contribution < 1.29 is 4.42 Å². The molecule has 1 aromatic heterocycles. The Morgan fingerprint density at radius 2 is 2.20 bits per heavy atom. The van der Waals surface area contributed by atoms with E-state index in [4.69, 9.17) is 16.0 Å². The minimum atomic E-state index is -0.423. The van der Waals surface area contributed by atoms with E-state index in [1.54, 1.807) is 0 Å². The topological polar surface area (TPSA) is 49.2 Å². The van der Waals surface area contributed by atoms with E-state index >= 15 is 0 Å². The van der Waals surface area contributed by atoms with Crippen LogP contribution in [0.5, 0.6) is 0 Å². The molecular formula is C15H19ClN2O2. The summed E-state index contributed by atoms with van der Waals surface area (Å²) in [5.41, 5.74) is 2.29. The molecule has 0 amide bonds. The maximum Gasteiger partial charge on any atom is 0.417 e. The molecule has 0 bridgehead atoms. The second-order valence-electron chi connectivity index (χ2n) is 5.72. The molecule has 1 aromatic carbocycles. The number of alkyl halides is 1. The molecule has 1 atom stereocenters. The Balaban J connectivity index is 1.71. The van der Waals surface area contributed by atoms with Crippen LogP contribution in [0.1, 0.15) is 30.7 Å². The summed E-state index contributed by atoms with van der Waals surface area (Å²) in [4.78, 5) is 16.2. The summed E-state index contributed by atoms with van der Waals surface area (Å²) < 4.78 is 5.08. The molecule has 0 radical (unpaired) electrons. The lowest BCUT2D eigenvalue weighted by molar-refractivity contribution is 0.192. The van der Waals surface area contributed by atoms with E-state index in [2.05, 4.69) is 16.8 Å². The van der Waals surface area contributed by atoms with Gasteiger partial charge in [-0.1, -0.05) is 13.0 Å². The molecule has 1 unspecified atom stereocenters. The van der Waals surface area contributed by atoms with E-state index in [1.165, 1.54) is 12.8 Å². The third-order valence-corrected chi connectivity index (χ3v) is 4.49. The molecule has 4 nitrogen and oxygen atoms in total. The monoisotopic (exact) mass is 294 g/mol. The van der Waals surface area contributed by atoms with Gasteiger partial charge in [-0.25, -0.2) is 4.79 Å². The highest BCUT2D eigenvalue weighted by Gasteiger charge is 2.19. The fraction of sp³-hybridized carbons (Fsp3) is 0.533. The largest absolute Gasteiger partial charge is 0.417 e. The lowest BCUT2D eigenvalue weighted by Gasteiger charge is -2.31. The number of hydrogen-bond acceptors (Lipinski definition) is 3. The summed E-state index contributed by atoms with van der Waals surface area (Å²) in [6.07, 6.45) is 2.49. The van der Waals surface area contributed by atoms with Crippen LogP contribution in [-0.4, -0.2) is 29.5 Å². The molecule has 3 rings (SSSR count). The number of oxazole rings is 1. The van der Waals surface area contributed by atoms with Gasteiger partial charge >= 0.3 is 5.76 Å². The van der Waals surface area contributed by atoms with Crippen molar-refractivity contribution in [2.24, 2.45) is 5.92 Å². The lowest BCUT2D eigenvalue weighted by Crippen LogP contribution is -2.35. The number of hydrogen-bond donors (Lipinski definition) is 1. The van der Waals surface area contributed by atoms with Crippen LogP contribution in [0.25, 0.3) is 11.1 Å². The van der Waals surface area contributed by atoms with Gasteiger partial charge in [0.2, 0.25) is 0 Å². The van der Waals surface area contributed by atoms with E-state index in [0.29, 0.717) is 5.58 Å². The Bertz CT molecular complexity index is 641. The molecule has 1 fully saturated rings. The molecule has 2 aromatic rings. The van der Waals surface area contributed by atoms with Crippen LogP contribution in [-0.2, 0) is 0 Å². The molecule has 1 saturated heterocycles. The van der Waals surface area contributed by atoms with Gasteiger partial charge in [-0.3, -0.25) is 4.98 Å². The molecule has 0 aliphatic carbocycles. The van der Waals surface area contributed by atoms with Gasteiger partial charge in [0.15, 0.2) is 5.58 Å². The zero-order valence-electron chi connectivity index (χ0n) is 11.6. The highest BCUT2D eigenvalue weighted by molar-refractivity contribution is 6.21. The van der Waals surface area contributed by atoms with Crippen molar-refractivity contribution in [3.05, 3.63) is 34.3 Å². The number of likely N-dealkylation sites (tertiary alicyclic amines) is 1. The first-order chi connectivity index (χ1) is 9.61. The number of halogens is 1. The summed E-state index contributed by atoms with van der Waals surface area (Å²) >= 11 is 6.51. The first kappa shape index (κ1) is 13.7. The van der Waals surface area contributed by atoms with E-state index < -0.39 is 5.76 Å². The van der Waals surface area contributed by atoms with Crippen molar-refractivity contribution in [2.45, 2.75) is 25.1 Å². The second kappa shape index (κ2) is 5.62. The minimum Gasteiger partial charge on any atom is -0.408 e. The molecule has 1 aliphatic rings. The van der Waals surface area contributed by atoms with Crippen molar-refractivity contribution in [2.75, 3.05) is 19.6 Å².